The Balaban J connectivity index is 2.38. The third kappa shape index (κ3) is 1.13. The second-order valence-corrected chi connectivity index (χ2v) is 2.20. The Labute approximate surface area is 49.1 Å². The van der Waals surface area contributed by atoms with Gasteiger partial charge in [0, 0.05) is 7.77 Å². The second kappa shape index (κ2) is 2.26. The Kier molecular flexibility index (Phi) is 1.24. The molecule has 0 aromatic heterocycles. The van der Waals surface area contributed by atoms with E-state index in [2.05, 4.69) is 0 Å². The first-order valence-electron chi connectivity index (χ1n) is 2.69. The first-order valence-corrected chi connectivity index (χ1v) is 3.40. The highest BCUT2D eigenvalue weighted by molar-refractivity contribution is 7.99. The van der Waals surface area contributed by atoms with Gasteiger partial charge in [0.25, 0.3) is 0 Å². The Hall–Kier alpha value is -0.110. The van der Waals surface area contributed by atoms with Crippen molar-refractivity contribution < 1.29 is 6.11 Å². The van der Waals surface area contributed by atoms with Crippen molar-refractivity contribution in [2.75, 3.05) is 6.26 Å². The zero-order valence-corrected chi connectivity index (χ0v) is 4.94. The Morgan fingerprint density at radius 2 is 3.00 bits per heavy atom. The number of rotatable bonds is 1. The van der Waals surface area contributed by atoms with E-state index in [1.165, 1.54) is 0 Å². The number of ether oxygens (including phenoxy) is 1. The summed E-state index contributed by atoms with van der Waals surface area (Å²) in [6.45, 7) is 0. The van der Waals surface area contributed by atoms with Crippen molar-refractivity contribution >= 4 is 11.8 Å². The summed E-state index contributed by atoms with van der Waals surface area (Å²) in [5.74, 6) is 0. The fourth-order valence-corrected chi connectivity index (χ4v) is 0.861. The Morgan fingerprint density at radius 3 is 3.29 bits per heavy atom. The van der Waals surface area contributed by atoms with Crippen molar-refractivity contribution in [3.63, 3.8) is 0 Å². The number of hydrogen-bond acceptors (Lipinski definition) is 2. The lowest BCUT2D eigenvalue weighted by Crippen LogP contribution is -1.94. The minimum Gasteiger partial charge on any atom is -0.487 e. The van der Waals surface area contributed by atoms with Gasteiger partial charge in [-0.1, -0.05) is 0 Å². The summed E-state index contributed by atoms with van der Waals surface area (Å²) in [5.41, 5.74) is 0.0370. The van der Waals surface area contributed by atoms with Crippen LogP contribution in [-0.2, 0) is 4.74 Å². The molecule has 2 unspecified atom stereocenters. The average molecular weight is 117 g/mol. The van der Waals surface area contributed by atoms with Crippen molar-refractivity contribution in [2.24, 2.45) is 0 Å². The maximum atomic E-state index is 7.26. The quantitative estimate of drug-likeness (QED) is 0.516. The molecule has 0 aromatic rings. The Morgan fingerprint density at radius 1 is 2.14 bits per heavy atom. The van der Waals surface area contributed by atoms with Crippen molar-refractivity contribution in [1.82, 2.24) is 0 Å². The van der Waals surface area contributed by atoms with Gasteiger partial charge < -0.3 is 4.74 Å². The molecule has 0 saturated heterocycles. The van der Waals surface area contributed by atoms with Crippen LogP contribution in [0.25, 0.3) is 0 Å². The molecule has 0 N–H and O–H groups in total. The molecule has 0 radical (unpaired) electrons. The summed E-state index contributed by atoms with van der Waals surface area (Å²) in [7, 11) is 0. The van der Waals surface area contributed by atoms with E-state index in [1.807, 2.05) is 6.26 Å². The topological polar surface area (TPSA) is 9.23 Å². The van der Waals surface area contributed by atoms with Gasteiger partial charge in [-0.3, -0.25) is 0 Å². The van der Waals surface area contributed by atoms with Crippen LogP contribution in [0.5, 0.6) is 0 Å². The molecule has 1 heterocycles. The molecular formula is C5H8OS. The van der Waals surface area contributed by atoms with Gasteiger partial charge in [-0.15, -0.1) is 11.8 Å². The maximum Gasteiger partial charge on any atom is 0.146 e. The first kappa shape index (κ1) is 3.84. The third-order valence-electron chi connectivity index (χ3n) is 0.792. The van der Waals surface area contributed by atoms with Gasteiger partial charge in [0.1, 0.15) is 5.44 Å². The summed E-state index contributed by atoms with van der Waals surface area (Å²) in [5, 5.41) is 0. The largest absolute Gasteiger partial charge is 0.487 e. The Bertz CT molecular complexity index is 105. The van der Waals surface area contributed by atoms with Gasteiger partial charge in [-0.05, 0) is 12.3 Å². The molecular weight excluding hydrogens is 108 g/mol. The highest BCUT2D eigenvalue weighted by Crippen LogP contribution is 2.17. The predicted octanol–water partition coefficient (Wildman–Crippen LogP) is 1.61. The van der Waals surface area contributed by atoms with E-state index in [1.54, 1.807) is 24.1 Å². The van der Waals surface area contributed by atoms with E-state index in [4.69, 9.17) is 6.11 Å². The van der Waals surface area contributed by atoms with Crippen LogP contribution in [-0.4, -0.2) is 11.7 Å². The van der Waals surface area contributed by atoms with Gasteiger partial charge in [-0.2, -0.15) is 0 Å². The molecule has 0 amide bonds. The second-order valence-electron chi connectivity index (χ2n) is 1.26. The monoisotopic (exact) mass is 117 g/mol. The highest BCUT2D eigenvalue weighted by atomic mass is 32.2. The zero-order chi connectivity index (χ0) is 5.98. The average Bonchev–Trinajstić information content (AvgIpc) is 2.14. The third-order valence-corrected chi connectivity index (χ3v) is 1.52. The molecule has 0 spiro atoms. The van der Waals surface area contributed by atoms with Gasteiger partial charge in [0.15, 0.2) is 0 Å². The molecule has 0 saturated carbocycles. The lowest BCUT2D eigenvalue weighted by atomic mass is 10.5. The van der Waals surface area contributed by atoms with E-state index in [0.717, 1.165) is 0 Å². The van der Waals surface area contributed by atoms with Gasteiger partial charge in [-0.25, -0.2) is 0 Å². The van der Waals surface area contributed by atoms with Crippen LogP contribution in [0, 0.1) is 0 Å². The molecule has 1 aliphatic rings. The lowest BCUT2D eigenvalue weighted by Gasteiger charge is -2.02. The fraction of sp³-hybridized carbons (Fsp3) is 0.600. The molecule has 1 nitrogen and oxygen atoms in total. The molecule has 0 fully saturated rings. The highest BCUT2D eigenvalue weighted by Gasteiger charge is 2.06. The molecule has 1 rings (SSSR count). The van der Waals surface area contributed by atoms with Crippen LogP contribution in [0.2, 0.25) is 0 Å². The van der Waals surface area contributed by atoms with Crippen molar-refractivity contribution in [2.45, 2.75) is 11.8 Å². The lowest BCUT2D eigenvalue weighted by molar-refractivity contribution is 0.251. The summed E-state index contributed by atoms with van der Waals surface area (Å²) in [4.78, 5) is 0. The number of thioether (sulfide) groups is 1. The van der Waals surface area contributed by atoms with Gasteiger partial charge >= 0.3 is 0 Å². The minimum absolute atomic E-state index is 0.0370. The molecule has 1 aliphatic heterocycles. The van der Waals surface area contributed by atoms with E-state index in [9.17, 15) is 0 Å². The van der Waals surface area contributed by atoms with Crippen LogP contribution in [0.3, 0.4) is 0 Å². The SMILES string of the molecule is [2H]C1C=COC1SC. The molecule has 0 aliphatic carbocycles. The summed E-state index contributed by atoms with van der Waals surface area (Å²) in [6, 6.07) is 0. The molecule has 7 heavy (non-hydrogen) atoms. The molecule has 0 aromatic carbocycles. The van der Waals surface area contributed by atoms with Crippen molar-refractivity contribution in [1.29, 1.82) is 0 Å². The maximum absolute atomic E-state index is 7.26. The minimum atomic E-state index is -0.162. The standard InChI is InChI=1S/C5H8OS/c1-7-5-3-2-4-6-5/h2,4-5H,3H2,1H3/i3D. The predicted molar refractivity (Wildman–Crippen MR) is 32.1 cm³/mol. The molecule has 0 bridgehead atoms. The normalized spacial score (nSPS) is 40.4. The van der Waals surface area contributed by atoms with Crippen LogP contribution in [0.4, 0.5) is 0 Å². The molecule has 40 valence electrons. The van der Waals surface area contributed by atoms with Crippen LogP contribution >= 0.6 is 11.8 Å². The van der Waals surface area contributed by atoms with Crippen molar-refractivity contribution in [3.05, 3.63) is 12.3 Å². The van der Waals surface area contributed by atoms with E-state index in [0.29, 0.717) is 0 Å². The molecule has 2 atom stereocenters. The van der Waals surface area contributed by atoms with Gasteiger partial charge in [0.2, 0.25) is 0 Å². The summed E-state index contributed by atoms with van der Waals surface area (Å²) in [6.07, 6.45) is 5.13. The summed E-state index contributed by atoms with van der Waals surface area (Å²) >= 11 is 1.57. The first-order chi connectivity index (χ1) is 3.84. The fourth-order valence-electron chi connectivity index (χ4n) is 0.438. The summed E-state index contributed by atoms with van der Waals surface area (Å²) < 4.78 is 12.3. The van der Waals surface area contributed by atoms with Gasteiger partial charge in [0.05, 0.1) is 6.26 Å². The smallest absolute Gasteiger partial charge is 0.146 e. The van der Waals surface area contributed by atoms with E-state index in [-0.39, 0.29) is 11.8 Å². The van der Waals surface area contributed by atoms with Crippen LogP contribution in [0.1, 0.15) is 7.77 Å². The van der Waals surface area contributed by atoms with Crippen molar-refractivity contribution in [3.8, 4) is 0 Å². The van der Waals surface area contributed by atoms with Crippen LogP contribution < -0.4 is 0 Å². The molecule has 2 heteroatoms. The number of hydrogen-bond donors (Lipinski definition) is 0. The zero-order valence-electron chi connectivity index (χ0n) is 5.13. The van der Waals surface area contributed by atoms with E-state index < -0.39 is 0 Å². The van der Waals surface area contributed by atoms with E-state index >= 15 is 0 Å². The van der Waals surface area contributed by atoms with Crippen LogP contribution in [0.15, 0.2) is 12.3 Å².